The van der Waals surface area contributed by atoms with Gasteiger partial charge in [0.2, 0.25) is 0 Å². The standard InChI is InChI=1S/C11H7F2NO2/c1-6(16)9-2-7(4-14)8(5-15)3-10(9)11(12)13/h2-3,5,11H,1H3. The van der Waals surface area contributed by atoms with Gasteiger partial charge in [-0.15, -0.1) is 0 Å². The zero-order valence-electron chi connectivity index (χ0n) is 8.33. The summed E-state index contributed by atoms with van der Waals surface area (Å²) in [6, 6.07) is 3.58. The number of hydrogen-bond donors (Lipinski definition) is 0. The average Bonchev–Trinajstić information content (AvgIpc) is 2.26. The highest BCUT2D eigenvalue weighted by Gasteiger charge is 2.19. The van der Waals surface area contributed by atoms with Gasteiger partial charge >= 0.3 is 0 Å². The third-order valence-electron chi connectivity index (χ3n) is 2.08. The van der Waals surface area contributed by atoms with Crippen LogP contribution in [0, 0.1) is 11.3 Å². The fourth-order valence-corrected chi connectivity index (χ4v) is 1.31. The number of rotatable bonds is 3. The second-order valence-corrected chi connectivity index (χ2v) is 3.11. The van der Waals surface area contributed by atoms with E-state index in [1.807, 2.05) is 0 Å². The van der Waals surface area contributed by atoms with E-state index in [4.69, 9.17) is 5.26 Å². The Hall–Kier alpha value is -2.09. The SMILES string of the molecule is CC(=O)c1cc(C#N)c(C=O)cc1C(F)F. The Labute approximate surface area is 90.3 Å². The van der Waals surface area contributed by atoms with Gasteiger partial charge in [0.15, 0.2) is 12.1 Å². The van der Waals surface area contributed by atoms with Gasteiger partial charge in [0.05, 0.1) is 11.6 Å². The van der Waals surface area contributed by atoms with Gasteiger partial charge in [0.1, 0.15) is 0 Å². The lowest BCUT2D eigenvalue weighted by atomic mass is 9.97. The van der Waals surface area contributed by atoms with Gasteiger partial charge in [0, 0.05) is 16.7 Å². The number of aldehydes is 1. The maximum absolute atomic E-state index is 12.6. The molecule has 0 aromatic heterocycles. The lowest BCUT2D eigenvalue weighted by Crippen LogP contribution is -2.03. The first-order valence-electron chi connectivity index (χ1n) is 4.33. The number of hydrogen-bond acceptors (Lipinski definition) is 3. The summed E-state index contributed by atoms with van der Waals surface area (Å²) in [5.74, 6) is -0.566. The fourth-order valence-electron chi connectivity index (χ4n) is 1.31. The van der Waals surface area contributed by atoms with Crippen LogP contribution in [-0.4, -0.2) is 12.1 Å². The number of Topliss-reactive ketones (excluding diaryl/α,β-unsaturated/α-hetero) is 1. The molecule has 5 heteroatoms. The summed E-state index contributed by atoms with van der Waals surface area (Å²) in [7, 11) is 0. The number of ketones is 1. The highest BCUT2D eigenvalue weighted by molar-refractivity contribution is 5.97. The van der Waals surface area contributed by atoms with Crippen LogP contribution in [0.25, 0.3) is 0 Å². The summed E-state index contributed by atoms with van der Waals surface area (Å²) in [5.41, 5.74) is -0.960. The van der Waals surface area contributed by atoms with Crippen molar-refractivity contribution in [2.45, 2.75) is 13.3 Å². The maximum atomic E-state index is 12.6. The Morgan fingerprint density at radius 1 is 1.50 bits per heavy atom. The van der Waals surface area contributed by atoms with Crippen molar-refractivity contribution in [2.24, 2.45) is 0 Å². The minimum absolute atomic E-state index is 0.0791. The maximum Gasteiger partial charge on any atom is 0.264 e. The molecule has 0 aliphatic heterocycles. The van der Waals surface area contributed by atoms with Gasteiger partial charge in [-0.3, -0.25) is 9.59 Å². The third kappa shape index (κ3) is 2.11. The molecule has 0 amide bonds. The van der Waals surface area contributed by atoms with E-state index in [1.54, 1.807) is 6.07 Å². The van der Waals surface area contributed by atoms with Crippen molar-refractivity contribution in [3.8, 4) is 6.07 Å². The van der Waals surface area contributed by atoms with Crippen LogP contribution in [0.3, 0.4) is 0 Å². The molecule has 0 aliphatic carbocycles. The minimum Gasteiger partial charge on any atom is -0.298 e. The molecule has 0 saturated heterocycles. The van der Waals surface area contributed by atoms with Crippen LogP contribution >= 0.6 is 0 Å². The lowest BCUT2D eigenvalue weighted by Gasteiger charge is -2.07. The topological polar surface area (TPSA) is 57.9 Å². The summed E-state index contributed by atoms with van der Waals surface area (Å²) in [4.78, 5) is 21.7. The number of alkyl halides is 2. The van der Waals surface area contributed by atoms with Gasteiger partial charge in [0.25, 0.3) is 6.43 Å². The summed E-state index contributed by atoms with van der Waals surface area (Å²) >= 11 is 0. The number of carbonyl (C=O) groups excluding carboxylic acids is 2. The summed E-state index contributed by atoms with van der Waals surface area (Å²) in [6.45, 7) is 1.13. The highest BCUT2D eigenvalue weighted by Crippen LogP contribution is 2.26. The molecular weight excluding hydrogens is 216 g/mol. The van der Waals surface area contributed by atoms with Gasteiger partial charge in [-0.1, -0.05) is 0 Å². The van der Waals surface area contributed by atoms with Gasteiger partial charge in [-0.05, 0) is 19.1 Å². The summed E-state index contributed by atoms with van der Waals surface area (Å²) in [5, 5.41) is 8.68. The van der Waals surface area contributed by atoms with Crippen molar-refractivity contribution in [1.29, 1.82) is 5.26 Å². The first-order valence-corrected chi connectivity index (χ1v) is 4.33. The van der Waals surface area contributed by atoms with E-state index in [0.717, 1.165) is 19.1 Å². The molecule has 0 spiro atoms. The Balaban J connectivity index is 3.55. The van der Waals surface area contributed by atoms with Crippen molar-refractivity contribution >= 4 is 12.1 Å². The first kappa shape index (κ1) is 12.0. The predicted molar refractivity (Wildman–Crippen MR) is 51.5 cm³/mol. The Morgan fingerprint density at radius 3 is 2.50 bits per heavy atom. The van der Waals surface area contributed by atoms with E-state index in [2.05, 4.69) is 0 Å². The molecular formula is C11H7F2NO2. The Bertz CT molecular complexity index is 489. The molecule has 0 N–H and O–H groups in total. The number of nitrogens with zero attached hydrogens (tertiary/aromatic N) is 1. The number of halogens is 2. The molecule has 0 atom stereocenters. The molecule has 0 heterocycles. The van der Waals surface area contributed by atoms with Gasteiger partial charge in [-0.2, -0.15) is 5.26 Å². The van der Waals surface area contributed by atoms with E-state index in [1.165, 1.54) is 0 Å². The molecule has 16 heavy (non-hydrogen) atoms. The first-order chi connectivity index (χ1) is 7.51. The van der Waals surface area contributed by atoms with Crippen LogP contribution < -0.4 is 0 Å². The van der Waals surface area contributed by atoms with E-state index in [-0.39, 0.29) is 16.7 Å². The molecule has 0 aliphatic rings. The quantitative estimate of drug-likeness (QED) is 0.584. The molecule has 82 valence electrons. The van der Waals surface area contributed by atoms with E-state index >= 15 is 0 Å². The monoisotopic (exact) mass is 223 g/mol. The second-order valence-electron chi connectivity index (χ2n) is 3.11. The predicted octanol–water partition coefficient (Wildman–Crippen LogP) is 2.51. The summed E-state index contributed by atoms with van der Waals surface area (Å²) < 4.78 is 25.2. The molecule has 0 fully saturated rings. The number of nitriles is 1. The van der Waals surface area contributed by atoms with Crippen LogP contribution in [0.15, 0.2) is 12.1 Å². The van der Waals surface area contributed by atoms with Crippen molar-refractivity contribution in [1.82, 2.24) is 0 Å². The number of carbonyl (C=O) groups is 2. The average molecular weight is 223 g/mol. The minimum atomic E-state index is -2.86. The third-order valence-corrected chi connectivity index (χ3v) is 2.08. The van der Waals surface area contributed by atoms with Crippen molar-refractivity contribution in [2.75, 3.05) is 0 Å². The molecule has 0 unspecified atom stereocenters. The lowest BCUT2D eigenvalue weighted by molar-refractivity contribution is 0.0997. The molecule has 0 bridgehead atoms. The zero-order chi connectivity index (χ0) is 12.3. The van der Waals surface area contributed by atoms with Crippen LogP contribution in [0.5, 0.6) is 0 Å². The van der Waals surface area contributed by atoms with Crippen molar-refractivity contribution in [3.05, 3.63) is 34.4 Å². The Kier molecular flexibility index (Phi) is 3.46. The van der Waals surface area contributed by atoms with E-state index in [9.17, 15) is 18.4 Å². The summed E-state index contributed by atoms with van der Waals surface area (Å²) in [6.07, 6.45) is -2.54. The van der Waals surface area contributed by atoms with Crippen LogP contribution in [0.4, 0.5) is 8.78 Å². The molecule has 1 aromatic carbocycles. The van der Waals surface area contributed by atoms with Gasteiger partial charge in [-0.25, -0.2) is 8.78 Å². The van der Waals surface area contributed by atoms with Crippen LogP contribution in [-0.2, 0) is 0 Å². The van der Waals surface area contributed by atoms with E-state index < -0.39 is 17.8 Å². The zero-order valence-corrected chi connectivity index (χ0v) is 8.33. The second kappa shape index (κ2) is 4.62. The van der Waals surface area contributed by atoms with Crippen molar-refractivity contribution in [3.63, 3.8) is 0 Å². The smallest absolute Gasteiger partial charge is 0.264 e. The highest BCUT2D eigenvalue weighted by atomic mass is 19.3. The molecule has 0 saturated carbocycles. The molecule has 3 nitrogen and oxygen atoms in total. The molecule has 0 radical (unpaired) electrons. The van der Waals surface area contributed by atoms with Gasteiger partial charge < -0.3 is 0 Å². The fraction of sp³-hybridized carbons (Fsp3) is 0.182. The molecule has 1 rings (SSSR count). The van der Waals surface area contributed by atoms with Crippen LogP contribution in [0.2, 0.25) is 0 Å². The molecule has 1 aromatic rings. The van der Waals surface area contributed by atoms with Crippen molar-refractivity contribution < 1.29 is 18.4 Å². The largest absolute Gasteiger partial charge is 0.298 e. The number of benzene rings is 1. The van der Waals surface area contributed by atoms with Crippen LogP contribution in [0.1, 0.15) is 45.2 Å². The Morgan fingerprint density at radius 2 is 2.12 bits per heavy atom. The normalized spacial score (nSPS) is 9.94. The van der Waals surface area contributed by atoms with E-state index in [0.29, 0.717) is 6.29 Å².